The summed E-state index contributed by atoms with van der Waals surface area (Å²) in [6.07, 6.45) is 3.17. The maximum absolute atomic E-state index is 13.3. The van der Waals surface area contributed by atoms with E-state index in [2.05, 4.69) is 16.0 Å². The third-order valence-corrected chi connectivity index (χ3v) is 7.55. The van der Waals surface area contributed by atoms with Gasteiger partial charge in [0.15, 0.2) is 0 Å². The first-order valence-electron chi connectivity index (χ1n) is 14.6. The molecule has 1 saturated heterocycles. The molecule has 2 aromatic rings. The number of hydrogen-bond donors (Lipinski definition) is 3. The molecule has 41 heavy (non-hydrogen) atoms. The zero-order chi connectivity index (χ0) is 29.2. The molecule has 0 radical (unpaired) electrons. The van der Waals surface area contributed by atoms with Crippen LogP contribution in [0, 0.1) is 11.8 Å². The highest BCUT2D eigenvalue weighted by atomic mass is 16.6. The van der Waals surface area contributed by atoms with E-state index in [1.54, 1.807) is 7.11 Å². The highest BCUT2D eigenvalue weighted by molar-refractivity contribution is 5.86. The zero-order valence-corrected chi connectivity index (χ0v) is 24.3. The van der Waals surface area contributed by atoms with Crippen molar-refractivity contribution in [1.82, 2.24) is 16.0 Å². The Kier molecular flexibility index (Phi) is 10.6. The van der Waals surface area contributed by atoms with Crippen molar-refractivity contribution in [1.29, 1.82) is 0 Å². The first-order valence-corrected chi connectivity index (χ1v) is 14.6. The normalized spacial score (nSPS) is 18.7. The largest absolute Gasteiger partial charge is 0.489 e. The standard InChI is InChI=1S/C32H43N3O6/c1-22(2)16-28(30(37)34-26(21-39-3)18-25-12-15-33-29(25)36)35-31(38)41-32(13-14-32)19-24-10-7-11-27(17-24)40-20-23-8-5-4-6-9-23/h4-11,17,22,25-26,28H,12-16,18-21H2,1-3H3,(H,33,36)(H,34,37)(H,35,38)/t25-,26-,28-/m0/s1. The molecule has 2 aromatic carbocycles. The van der Waals surface area contributed by atoms with Crippen LogP contribution in [-0.2, 0) is 32.1 Å². The van der Waals surface area contributed by atoms with Crippen molar-refractivity contribution in [2.75, 3.05) is 20.3 Å². The van der Waals surface area contributed by atoms with Gasteiger partial charge in [0.2, 0.25) is 11.8 Å². The van der Waals surface area contributed by atoms with E-state index in [1.807, 2.05) is 68.4 Å². The number of carbonyl (C=O) groups is 3. The van der Waals surface area contributed by atoms with E-state index >= 15 is 0 Å². The molecule has 0 bridgehead atoms. The van der Waals surface area contributed by atoms with Crippen molar-refractivity contribution >= 4 is 17.9 Å². The van der Waals surface area contributed by atoms with Gasteiger partial charge in [0, 0.05) is 26.0 Å². The van der Waals surface area contributed by atoms with Gasteiger partial charge in [-0.25, -0.2) is 4.79 Å². The number of amides is 3. The van der Waals surface area contributed by atoms with Crippen LogP contribution in [0.5, 0.6) is 5.75 Å². The average molecular weight is 566 g/mol. The van der Waals surface area contributed by atoms with E-state index in [0.717, 1.165) is 36.1 Å². The number of methoxy groups -OCH3 is 1. The van der Waals surface area contributed by atoms with Gasteiger partial charge in [0.25, 0.3) is 0 Å². The average Bonchev–Trinajstić information content (AvgIpc) is 3.56. The minimum Gasteiger partial charge on any atom is -0.489 e. The van der Waals surface area contributed by atoms with E-state index in [9.17, 15) is 14.4 Å². The second-order valence-corrected chi connectivity index (χ2v) is 11.7. The van der Waals surface area contributed by atoms with Crippen LogP contribution in [-0.4, -0.2) is 55.9 Å². The topological polar surface area (TPSA) is 115 Å². The lowest BCUT2D eigenvalue weighted by Crippen LogP contribution is -2.52. The number of hydrogen-bond acceptors (Lipinski definition) is 6. The molecule has 1 saturated carbocycles. The first-order chi connectivity index (χ1) is 19.7. The highest BCUT2D eigenvalue weighted by Gasteiger charge is 2.47. The highest BCUT2D eigenvalue weighted by Crippen LogP contribution is 2.43. The number of rotatable bonds is 15. The van der Waals surface area contributed by atoms with Gasteiger partial charge in [0.05, 0.1) is 12.6 Å². The Hall–Kier alpha value is -3.59. The summed E-state index contributed by atoms with van der Waals surface area (Å²) < 4.78 is 17.2. The fraction of sp³-hybridized carbons (Fsp3) is 0.531. The van der Waals surface area contributed by atoms with Crippen LogP contribution in [0.1, 0.15) is 57.1 Å². The van der Waals surface area contributed by atoms with Gasteiger partial charge in [-0.1, -0.05) is 56.3 Å². The summed E-state index contributed by atoms with van der Waals surface area (Å²) in [7, 11) is 1.56. The Labute approximate surface area is 242 Å². The summed E-state index contributed by atoms with van der Waals surface area (Å²) in [5.41, 5.74) is 1.53. The van der Waals surface area contributed by atoms with E-state index < -0.39 is 17.7 Å². The number of alkyl carbamates (subject to hydrolysis) is 1. The Morgan fingerprint density at radius 3 is 2.46 bits per heavy atom. The molecule has 1 aliphatic heterocycles. The zero-order valence-electron chi connectivity index (χ0n) is 24.3. The first kappa shape index (κ1) is 30.4. The van der Waals surface area contributed by atoms with E-state index in [4.69, 9.17) is 14.2 Å². The maximum atomic E-state index is 13.3. The molecule has 9 heteroatoms. The van der Waals surface area contributed by atoms with Crippen molar-refractivity contribution in [3.05, 3.63) is 65.7 Å². The Bertz CT molecular complexity index is 1170. The molecule has 1 heterocycles. The van der Waals surface area contributed by atoms with Crippen molar-refractivity contribution in [2.24, 2.45) is 11.8 Å². The lowest BCUT2D eigenvalue weighted by Gasteiger charge is -2.26. The van der Waals surface area contributed by atoms with Gasteiger partial charge >= 0.3 is 6.09 Å². The molecule has 4 rings (SSSR count). The summed E-state index contributed by atoms with van der Waals surface area (Å²) in [4.78, 5) is 38.4. The molecule has 1 aliphatic carbocycles. The third kappa shape index (κ3) is 9.49. The number of benzene rings is 2. The summed E-state index contributed by atoms with van der Waals surface area (Å²) in [6, 6.07) is 16.8. The minimum absolute atomic E-state index is 0.00353. The van der Waals surface area contributed by atoms with Gasteiger partial charge < -0.3 is 30.2 Å². The Morgan fingerprint density at radius 2 is 1.80 bits per heavy atom. The molecule has 3 atom stereocenters. The number of nitrogens with one attached hydrogen (secondary N) is 3. The van der Waals surface area contributed by atoms with E-state index in [1.165, 1.54) is 0 Å². The van der Waals surface area contributed by atoms with Crippen molar-refractivity contribution in [3.63, 3.8) is 0 Å². The Balaban J connectivity index is 1.32. The van der Waals surface area contributed by atoms with E-state index in [0.29, 0.717) is 32.4 Å². The third-order valence-electron chi connectivity index (χ3n) is 7.55. The van der Waals surface area contributed by atoms with Crippen LogP contribution in [0.2, 0.25) is 0 Å². The fourth-order valence-corrected chi connectivity index (χ4v) is 5.27. The molecule has 0 unspecified atom stereocenters. The molecule has 0 aromatic heterocycles. The number of ether oxygens (including phenoxy) is 3. The SMILES string of the molecule is COC[C@H](C[C@@H]1CCNC1=O)NC(=O)[C@H](CC(C)C)NC(=O)OC1(Cc2cccc(OCc3ccccc3)c2)CC1. The van der Waals surface area contributed by atoms with E-state index in [-0.39, 0.29) is 36.3 Å². The summed E-state index contributed by atoms with van der Waals surface area (Å²) >= 11 is 0. The van der Waals surface area contributed by atoms with Crippen molar-refractivity contribution in [2.45, 2.75) is 76.7 Å². The van der Waals surface area contributed by atoms with Crippen LogP contribution in [0.25, 0.3) is 0 Å². The predicted molar refractivity (Wildman–Crippen MR) is 155 cm³/mol. The molecular weight excluding hydrogens is 522 g/mol. The van der Waals surface area contributed by atoms with Gasteiger partial charge in [-0.15, -0.1) is 0 Å². The molecule has 0 spiro atoms. The van der Waals surface area contributed by atoms with Crippen LogP contribution in [0.4, 0.5) is 4.79 Å². The van der Waals surface area contributed by atoms with Gasteiger partial charge in [0.1, 0.15) is 24.0 Å². The second-order valence-electron chi connectivity index (χ2n) is 11.7. The van der Waals surface area contributed by atoms with Gasteiger partial charge in [-0.3, -0.25) is 9.59 Å². The van der Waals surface area contributed by atoms with Gasteiger partial charge in [-0.2, -0.15) is 0 Å². The molecule has 222 valence electrons. The molecule has 2 aliphatic rings. The lowest BCUT2D eigenvalue weighted by atomic mass is 9.97. The number of carbonyl (C=O) groups excluding carboxylic acids is 3. The summed E-state index contributed by atoms with van der Waals surface area (Å²) in [5.74, 6) is 0.476. The van der Waals surface area contributed by atoms with Crippen LogP contribution >= 0.6 is 0 Å². The van der Waals surface area contributed by atoms with Crippen LogP contribution < -0.4 is 20.7 Å². The maximum Gasteiger partial charge on any atom is 0.408 e. The van der Waals surface area contributed by atoms with Crippen LogP contribution in [0.3, 0.4) is 0 Å². The quantitative estimate of drug-likeness (QED) is 0.299. The molecular formula is C32H43N3O6. The predicted octanol–water partition coefficient (Wildman–Crippen LogP) is 4.14. The fourth-order valence-electron chi connectivity index (χ4n) is 5.27. The monoisotopic (exact) mass is 565 g/mol. The van der Waals surface area contributed by atoms with Crippen molar-refractivity contribution in [3.8, 4) is 5.75 Å². The summed E-state index contributed by atoms with van der Waals surface area (Å²) in [6.45, 7) is 5.40. The Morgan fingerprint density at radius 1 is 1.05 bits per heavy atom. The van der Waals surface area contributed by atoms with Gasteiger partial charge in [-0.05, 0) is 61.3 Å². The second kappa shape index (κ2) is 14.3. The lowest BCUT2D eigenvalue weighted by molar-refractivity contribution is -0.126. The van der Waals surface area contributed by atoms with Crippen molar-refractivity contribution < 1.29 is 28.6 Å². The molecule has 9 nitrogen and oxygen atoms in total. The molecule has 2 fully saturated rings. The smallest absolute Gasteiger partial charge is 0.408 e. The minimum atomic E-state index is -0.759. The molecule has 3 amide bonds. The van der Waals surface area contributed by atoms with Crippen LogP contribution in [0.15, 0.2) is 54.6 Å². The summed E-state index contributed by atoms with van der Waals surface area (Å²) in [5, 5.41) is 8.64. The molecule has 3 N–H and O–H groups in total.